The van der Waals surface area contributed by atoms with Crippen molar-refractivity contribution >= 4 is 0 Å². The predicted octanol–water partition coefficient (Wildman–Crippen LogP) is 0.902. The SMILES string of the molecule is CNC(C)Cc1cnc(C2CCNC2)o1. The van der Waals surface area contributed by atoms with Crippen molar-refractivity contribution in [3.8, 4) is 0 Å². The third-order valence-corrected chi connectivity index (χ3v) is 2.98. The highest BCUT2D eigenvalue weighted by atomic mass is 16.4. The van der Waals surface area contributed by atoms with Gasteiger partial charge in [-0.1, -0.05) is 0 Å². The van der Waals surface area contributed by atoms with E-state index in [4.69, 9.17) is 4.42 Å². The van der Waals surface area contributed by atoms with E-state index in [9.17, 15) is 0 Å². The fourth-order valence-electron chi connectivity index (χ4n) is 1.88. The molecule has 0 spiro atoms. The molecule has 1 aliphatic rings. The summed E-state index contributed by atoms with van der Waals surface area (Å²) in [4.78, 5) is 4.35. The molecule has 1 aromatic heterocycles. The minimum Gasteiger partial charge on any atom is -0.445 e. The number of nitrogens with zero attached hydrogens (tertiary/aromatic N) is 1. The van der Waals surface area contributed by atoms with Gasteiger partial charge >= 0.3 is 0 Å². The molecule has 2 atom stereocenters. The second kappa shape index (κ2) is 4.77. The van der Waals surface area contributed by atoms with Crippen LogP contribution in [0.3, 0.4) is 0 Å². The number of oxazole rings is 1. The first-order valence-electron chi connectivity index (χ1n) is 5.62. The topological polar surface area (TPSA) is 50.1 Å². The van der Waals surface area contributed by atoms with Crippen LogP contribution in [-0.2, 0) is 6.42 Å². The zero-order valence-corrected chi connectivity index (χ0v) is 9.42. The van der Waals surface area contributed by atoms with Crippen LogP contribution in [0.5, 0.6) is 0 Å². The standard InChI is InChI=1S/C11H19N3O/c1-8(12-2)5-10-7-14-11(15-10)9-3-4-13-6-9/h7-9,12-13H,3-6H2,1-2H3. The van der Waals surface area contributed by atoms with Crippen molar-refractivity contribution < 1.29 is 4.42 Å². The van der Waals surface area contributed by atoms with E-state index in [1.165, 1.54) is 0 Å². The maximum atomic E-state index is 5.75. The van der Waals surface area contributed by atoms with Gasteiger partial charge in [-0.3, -0.25) is 0 Å². The Morgan fingerprint density at radius 2 is 2.60 bits per heavy atom. The zero-order chi connectivity index (χ0) is 10.7. The summed E-state index contributed by atoms with van der Waals surface area (Å²) in [6, 6.07) is 0.438. The van der Waals surface area contributed by atoms with Crippen molar-refractivity contribution in [1.82, 2.24) is 15.6 Å². The smallest absolute Gasteiger partial charge is 0.198 e. The quantitative estimate of drug-likeness (QED) is 0.773. The summed E-state index contributed by atoms with van der Waals surface area (Å²) in [7, 11) is 1.96. The van der Waals surface area contributed by atoms with Crippen LogP contribution in [0, 0.1) is 0 Å². The van der Waals surface area contributed by atoms with Crippen LogP contribution in [0.1, 0.15) is 30.9 Å². The lowest BCUT2D eigenvalue weighted by Crippen LogP contribution is -2.23. The molecule has 1 fully saturated rings. The zero-order valence-electron chi connectivity index (χ0n) is 9.42. The van der Waals surface area contributed by atoms with E-state index in [2.05, 4.69) is 22.5 Å². The molecule has 1 saturated heterocycles. The van der Waals surface area contributed by atoms with Gasteiger partial charge in [-0.05, 0) is 26.9 Å². The number of nitrogens with one attached hydrogen (secondary N) is 2. The Morgan fingerprint density at radius 3 is 3.27 bits per heavy atom. The van der Waals surface area contributed by atoms with Gasteiger partial charge in [0.2, 0.25) is 0 Å². The van der Waals surface area contributed by atoms with E-state index in [1.54, 1.807) is 0 Å². The number of hydrogen-bond donors (Lipinski definition) is 2. The van der Waals surface area contributed by atoms with Crippen molar-refractivity contribution in [3.63, 3.8) is 0 Å². The van der Waals surface area contributed by atoms with Gasteiger partial charge in [0.25, 0.3) is 0 Å². The lowest BCUT2D eigenvalue weighted by Gasteiger charge is -2.06. The van der Waals surface area contributed by atoms with Crippen LogP contribution in [0.25, 0.3) is 0 Å². The fraction of sp³-hybridized carbons (Fsp3) is 0.727. The summed E-state index contributed by atoms with van der Waals surface area (Å²) < 4.78 is 5.75. The number of likely N-dealkylation sites (N-methyl/N-ethyl adjacent to an activating group) is 1. The molecular weight excluding hydrogens is 190 g/mol. The summed E-state index contributed by atoms with van der Waals surface area (Å²) in [6.45, 7) is 4.22. The van der Waals surface area contributed by atoms with Crippen LogP contribution in [0.15, 0.2) is 10.6 Å². The van der Waals surface area contributed by atoms with Gasteiger partial charge in [0.1, 0.15) is 5.76 Å². The average Bonchev–Trinajstić information content (AvgIpc) is 2.85. The second-order valence-electron chi connectivity index (χ2n) is 4.25. The molecule has 0 bridgehead atoms. The molecule has 0 aromatic carbocycles. The second-order valence-corrected chi connectivity index (χ2v) is 4.25. The first-order chi connectivity index (χ1) is 7.29. The van der Waals surface area contributed by atoms with Gasteiger partial charge < -0.3 is 15.1 Å². The Balaban J connectivity index is 1.97. The Bertz CT molecular complexity index is 305. The van der Waals surface area contributed by atoms with Gasteiger partial charge in [-0.25, -0.2) is 4.98 Å². The third-order valence-electron chi connectivity index (χ3n) is 2.98. The largest absolute Gasteiger partial charge is 0.445 e. The minimum atomic E-state index is 0.438. The van der Waals surface area contributed by atoms with Crippen LogP contribution in [0.2, 0.25) is 0 Å². The van der Waals surface area contributed by atoms with Crippen LogP contribution in [-0.4, -0.2) is 31.2 Å². The normalized spacial score (nSPS) is 23.2. The first kappa shape index (κ1) is 10.6. The number of aromatic nitrogens is 1. The van der Waals surface area contributed by atoms with E-state index >= 15 is 0 Å². The van der Waals surface area contributed by atoms with Gasteiger partial charge in [0, 0.05) is 24.9 Å². The Kier molecular flexibility index (Phi) is 3.38. The summed E-state index contributed by atoms with van der Waals surface area (Å²) >= 11 is 0. The van der Waals surface area contributed by atoms with E-state index < -0.39 is 0 Å². The Morgan fingerprint density at radius 1 is 1.73 bits per heavy atom. The highest BCUT2D eigenvalue weighted by Gasteiger charge is 2.21. The lowest BCUT2D eigenvalue weighted by molar-refractivity contribution is 0.411. The minimum absolute atomic E-state index is 0.438. The third kappa shape index (κ3) is 2.58. The summed E-state index contributed by atoms with van der Waals surface area (Å²) in [5.74, 6) is 2.36. The van der Waals surface area contributed by atoms with Crippen LogP contribution in [0.4, 0.5) is 0 Å². The first-order valence-corrected chi connectivity index (χ1v) is 5.62. The maximum Gasteiger partial charge on any atom is 0.198 e. The summed E-state index contributed by atoms with van der Waals surface area (Å²) in [5, 5.41) is 6.51. The van der Waals surface area contributed by atoms with Crippen molar-refractivity contribution in [2.45, 2.75) is 31.7 Å². The molecule has 2 rings (SSSR count). The van der Waals surface area contributed by atoms with Gasteiger partial charge in [-0.2, -0.15) is 0 Å². The lowest BCUT2D eigenvalue weighted by atomic mass is 10.1. The molecule has 0 aliphatic carbocycles. The van der Waals surface area contributed by atoms with Crippen molar-refractivity contribution in [2.24, 2.45) is 0 Å². The Labute approximate surface area is 90.5 Å². The van der Waals surface area contributed by atoms with E-state index in [1.807, 2.05) is 13.2 Å². The molecule has 84 valence electrons. The molecule has 0 amide bonds. The van der Waals surface area contributed by atoms with Gasteiger partial charge in [0.15, 0.2) is 5.89 Å². The maximum absolute atomic E-state index is 5.75. The number of hydrogen-bond acceptors (Lipinski definition) is 4. The average molecular weight is 209 g/mol. The molecular formula is C11H19N3O. The molecule has 4 nitrogen and oxygen atoms in total. The highest BCUT2D eigenvalue weighted by Crippen LogP contribution is 2.22. The van der Waals surface area contributed by atoms with E-state index in [0.29, 0.717) is 12.0 Å². The Hall–Kier alpha value is -0.870. The molecule has 15 heavy (non-hydrogen) atoms. The van der Waals surface area contributed by atoms with Gasteiger partial charge in [-0.15, -0.1) is 0 Å². The number of rotatable bonds is 4. The van der Waals surface area contributed by atoms with Crippen molar-refractivity contribution in [1.29, 1.82) is 0 Å². The van der Waals surface area contributed by atoms with E-state index in [0.717, 1.165) is 37.6 Å². The highest BCUT2D eigenvalue weighted by molar-refractivity contribution is 5.02. The molecule has 2 N–H and O–H groups in total. The van der Waals surface area contributed by atoms with E-state index in [-0.39, 0.29) is 0 Å². The van der Waals surface area contributed by atoms with Crippen LogP contribution >= 0.6 is 0 Å². The summed E-state index contributed by atoms with van der Waals surface area (Å²) in [6.07, 6.45) is 3.91. The molecule has 0 radical (unpaired) electrons. The summed E-state index contributed by atoms with van der Waals surface area (Å²) in [5.41, 5.74) is 0. The molecule has 2 heterocycles. The monoisotopic (exact) mass is 209 g/mol. The fourth-order valence-corrected chi connectivity index (χ4v) is 1.88. The molecule has 4 heteroatoms. The van der Waals surface area contributed by atoms with Gasteiger partial charge in [0.05, 0.1) is 6.20 Å². The molecule has 2 unspecified atom stereocenters. The van der Waals surface area contributed by atoms with Crippen molar-refractivity contribution in [3.05, 3.63) is 17.8 Å². The van der Waals surface area contributed by atoms with Crippen molar-refractivity contribution in [2.75, 3.05) is 20.1 Å². The van der Waals surface area contributed by atoms with Crippen LogP contribution < -0.4 is 10.6 Å². The molecule has 1 aromatic rings. The molecule has 0 saturated carbocycles. The predicted molar refractivity (Wildman–Crippen MR) is 59.0 cm³/mol. The molecule has 1 aliphatic heterocycles.